The quantitative estimate of drug-likeness (QED) is 0.529. The van der Waals surface area contributed by atoms with E-state index in [0.717, 1.165) is 54.3 Å². The number of piperazine rings is 1. The van der Waals surface area contributed by atoms with Crippen molar-refractivity contribution < 1.29 is 13.2 Å². The van der Waals surface area contributed by atoms with Gasteiger partial charge in [0.05, 0.1) is 5.01 Å². The summed E-state index contributed by atoms with van der Waals surface area (Å²) in [4.78, 5) is 17.0. The molecular formula is C19H26F3N7S. The van der Waals surface area contributed by atoms with Gasteiger partial charge in [0.25, 0.3) is 0 Å². The summed E-state index contributed by atoms with van der Waals surface area (Å²) in [5, 5.41) is 7.87. The van der Waals surface area contributed by atoms with Crippen LogP contribution in [-0.2, 0) is 19.1 Å². The summed E-state index contributed by atoms with van der Waals surface area (Å²) in [6.07, 6.45) is -2.21. The number of pyridine rings is 1. The predicted octanol–water partition coefficient (Wildman–Crippen LogP) is 2.22. The molecule has 0 saturated carbocycles. The van der Waals surface area contributed by atoms with Crippen molar-refractivity contribution in [2.75, 3.05) is 51.7 Å². The number of guanidine groups is 1. The van der Waals surface area contributed by atoms with Crippen molar-refractivity contribution >= 4 is 23.1 Å². The van der Waals surface area contributed by atoms with Gasteiger partial charge < -0.3 is 20.4 Å². The lowest BCUT2D eigenvalue weighted by molar-refractivity contribution is -0.140. The molecule has 2 aromatic rings. The second kappa shape index (κ2) is 10.1. The normalized spacial score (nSPS) is 16.0. The third-order valence-electron chi connectivity index (χ3n) is 4.81. The maximum absolute atomic E-state index is 12.6. The third-order valence-corrected chi connectivity index (χ3v) is 5.72. The van der Waals surface area contributed by atoms with Gasteiger partial charge in [-0.15, -0.1) is 11.3 Å². The summed E-state index contributed by atoms with van der Waals surface area (Å²) in [6, 6.07) is 3.95. The molecule has 0 radical (unpaired) electrons. The fourth-order valence-electron chi connectivity index (χ4n) is 3.11. The van der Waals surface area contributed by atoms with E-state index in [2.05, 4.69) is 42.4 Å². The lowest BCUT2D eigenvalue weighted by Crippen LogP contribution is -2.45. The molecule has 0 atom stereocenters. The van der Waals surface area contributed by atoms with Crippen LogP contribution in [0.1, 0.15) is 16.3 Å². The van der Waals surface area contributed by atoms with E-state index < -0.39 is 11.9 Å². The molecule has 0 amide bonds. The van der Waals surface area contributed by atoms with Gasteiger partial charge in [-0.1, -0.05) is 6.07 Å². The Labute approximate surface area is 178 Å². The molecule has 3 rings (SSSR count). The van der Waals surface area contributed by atoms with Crippen LogP contribution < -0.4 is 15.5 Å². The minimum Gasteiger partial charge on any atom is -0.356 e. The van der Waals surface area contributed by atoms with Crippen LogP contribution in [0.4, 0.5) is 19.0 Å². The Balaban J connectivity index is 1.51. The molecule has 11 heteroatoms. The highest BCUT2D eigenvalue weighted by Gasteiger charge is 2.33. The standard InChI is InChI=1S/C19H26F3N7S/c1-23-18(25-7-5-16-27-15(13-30-16)19(20,21)22)26-12-14-4-3-6-24-17(14)29-10-8-28(2)9-11-29/h3-4,6,13H,5,7-12H2,1-2H3,(H2,23,25,26). The number of hydrogen-bond acceptors (Lipinski definition) is 6. The van der Waals surface area contributed by atoms with Gasteiger partial charge in [0.2, 0.25) is 0 Å². The van der Waals surface area contributed by atoms with E-state index in [1.807, 2.05) is 12.1 Å². The van der Waals surface area contributed by atoms with Crippen molar-refractivity contribution in [2.24, 2.45) is 4.99 Å². The first-order chi connectivity index (χ1) is 14.4. The number of halogens is 3. The maximum atomic E-state index is 12.6. The second-order valence-corrected chi connectivity index (χ2v) is 7.95. The summed E-state index contributed by atoms with van der Waals surface area (Å²) in [5.41, 5.74) is 0.234. The molecule has 0 aliphatic carbocycles. The lowest BCUT2D eigenvalue weighted by atomic mass is 10.2. The molecule has 2 N–H and O–H groups in total. The first-order valence-corrected chi connectivity index (χ1v) is 10.6. The highest BCUT2D eigenvalue weighted by Crippen LogP contribution is 2.30. The van der Waals surface area contributed by atoms with E-state index in [-0.39, 0.29) is 0 Å². The van der Waals surface area contributed by atoms with Crippen LogP contribution in [0.15, 0.2) is 28.7 Å². The number of thiazole rings is 1. The Kier molecular flexibility index (Phi) is 7.48. The van der Waals surface area contributed by atoms with Gasteiger partial charge in [-0.3, -0.25) is 4.99 Å². The molecular weight excluding hydrogens is 415 g/mol. The number of rotatable bonds is 6. The van der Waals surface area contributed by atoms with Crippen LogP contribution in [0.5, 0.6) is 0 Å². The first kappa shape index (κ1) is 22.3. The number of nitrogens with one attached hydrogen (secondary N) is 2. The Morgan fingerprint density at radius 1 is 1.23 bits per heavy atom. The average Bonchev–Trinajstić information content (AvgIpc) is 3.21. The van der Waals surface area contributed by atoms with E-state index in [0.29, 0.717) is 30.5 Å². The molecule has 0 spiro atoms. The Morgan fingerprint density at radius 2 is 2.00 bits per heavy atom. The van der Waals surface area contributed by atoms with Crippen molar-refractivity contribution in [3.63, 3.8) is 0 Å². The number of alkyl halides is 3. The largest absolute Gasteiger partial charge is 0.434 e. The summed E-state index contributed by atoms with van der Waals surface area (Å²) in [7, 11) is 3.77. The summed E-state index contributed by atoms with van der Waals surface area (Å²) >= 11 is 1.02. The second-order valence-electron chi connectivity index (χ2n) is 7.00. The smallest absolute Gasteiger partial charge is 0.356 e. The number of likely N-dealkylation sites (N-methyl/N-ethyl adjacent to an activating group) is 1. The molecule has 1 fully saturated rings. The SMILES string of the molecule is CN=C(NCCc1nc(C(F)(F)F)cs1)NCc1cccnc1N1CCN(C)CC1. The number of anilines is 1. The van der Waals surface area contributed by atoms with Crippen LogP contribution in [-0.4, -0.2) is 67.6 Å². The highest BCUT2D eigenvalue weighted by molar-refractivity contribution is 7.09. The highest BCUT2D eigenvalue weighted by atomic mass is 32.1. The van der Waals surface area contributed by atoms with E-state index in [1.165, 1.54) is 0 Å². The van der Waals surface area contributed by atoms with Crippen molar-refractivity contribution in [2.45, 2.75) is 19.1 Å². The monoisotopic (exact) mass is 441 g/mol. The molecule has 164 valence electrons. The topological polar surface area (TPSA) is 68.7 Å². The summed E-state index contributed by atoms with van der Waals surface area (Å²) in [6.45, 7) is 4.84. The fraction of sp³-hybridized carbons (Fsp3) is 0.526. The van der Waals surface area contributed by atoms with Gasteiger partial charge in [-0.25, -0.2) is 9.97 Å². The molecule has 1 aliphatic rings. The van der Waals surface area contributed by atoms with E-state index in [1.54, 1.807) is 13.2 Å². The Morgan fingerprint density at radius 3 is 2.67 bits per heavy atom. The molecule has 1 aliphatic heterocycles. The van der Waals surface area contributed by atoms with Crippen molar-refractivity contribution in [3.8, 4) is 0 Å². The summed E-state index contributed by atoms with van der Waals surface area (Å²) in [5.74, 6) is 1.55. The number of nitrogens with zero attached hydrogens (tertiary/aromatic N) is 5. The van der Waals surface area contributed by atoms with Crippen LogP contribution in [0.2, 0.25) is 0 Å². The average molecular weight is 442 g/mol. The summed E-state index contributed by atoms with van der Waals surface area (Å²) < 4.78 is 37.9. The van der Waals surface area contributed by atoms with E-state index in [4.69, 9.17) is 0 Å². The molecule has 0 bridgehead atoms. The number of aliphatic imine (C=N–C) groups is 1. The zero-order valence-electron chi connectivity index (χ0n) is 17.0. The van der Waals surface area contributed by atoms with E-state index >= 15 is 0 Å². The zero-order valence-corrected chi connectivity index (χ0v) is 17.9. The van der Waals surface area contributed by atoms with Crippen molar-refractivity contribution in [1.82, 2.24) is 25.5 Å². The molecule has 7 nitrogen and oxygen atoms in total. The van der Waals surface area contributed by atoms with Gasteiger partial charge in [0.1, 0.15) is 5.82 Å². The van der Waals surface area contributed by atoms with Gasteiger partial charge in [-0.2, -0.15) is 13.2 Å². The number of hydrogen-bond donors (Lipinski definition) is 2. The molecule has 30 heavy (non-hydrogen) atoms. The minimum atomic E-state index is -4.40. The van der Waals surface area contributed by atoms with Crippen molar-refractivity contribution in [3.05, 3.63) is 40.0 Å². The first-order valence-electron chi connectivity index (χ1n) is 9.70. The van der Waals surface area contributed by atoms with Gasteiger partial charge in [0.15, 0.2) is 11.7 Å². The molecule has 2 aromatic heterocycles. The Bertz CT molecular complexity index is 845. The van der Waals surface area contributed by atoms with Gasteiger partial charge >= 0.3 is 6.18 Å². The minimum absolute atomic E-state index is 0.390. The molecule has 1 saturated heterocycles. The van der Waals surface area contributed by atoms with Gasteiger partial charge in [0, 0.05) is 69.9 Å². The van der Waals surface area contributed by atoms with Crippen LogP contribution in [0.25, 0.3) is 0 Å². The third kappa shape index (κ3) is 6.05. The maximum Gasteiger partial charge on any atom is 0.434 e. The zero-order chi connectivity index (χ0) is 21.6. The molecule has 0 unspecified atom stereocenters. The van der Waals surface area contributed by atoms with E-state index in [9.17, 15) is 13.2 Å². The lowest BCUT2D eigenvalue weighted by Gasteiger charge is -2.34. The molecule has 3 heterocycles. The van der Waals surface area contributed by atoms with Gasteiger partial charge in [-0.05, 0) is 13.1 Å². The van der Waals surface area contributed by atoms with Crippen LogP contribution in [0.3, 0.4) is 0 Å². The fourth-order valence-corrected chi connectivity index (χ4v) is 3.92. The Hall–Kier alpha value is -2.40. The van der Waals surface area contributed by atoms with Crippen LogP contribution >= 0.6 is 11.3 Å². The predicted molar refractivity (Wildman–Crippen MR) is 113 cm³/mol. The number of aromatic nitrogens is 2. The molecule has 0 aromatic carbocycles. The van der Waals surface area contributed by atoms with Crippen LogP contribution in [0, 0.1) is 0 Å². The van der Waals surface area contributed by atoms with Crippen molar-refractivity contribution in [1.29, 1.82) is 0 Å².